The maximum absolute atomic E-state index is 12.5. The summed E-state index contributed by atoms with van der Waals surface area (Å²) in [6.45, 7) is 0.343. The highest BCUT2D eigenvalue weighted by atomic mass is 35.5. The number of aromatic amines is 1. The number of nitrogens with one attached hydrogen (secondary N) is 2. The van der Waals surface area contributed by atoms with Gasteiger partial charge in [-0.1, -0.05) is 41.9 Å². The number of aromatic nitrogens is 2. The van der Waals surface area contributed by atoms with Crippen LogP contribution in [0.15, 0.2) is 77.9 Å². The molecule has 0 spiro atoms. The SMILES string of the molecule is COc1ccc(/C=N/NC(=O)c2cc(-c3cccc(OCc4ccccc4Cl)c3)n[nH]2)cc1OC. The zero-order valence-electron chi connectivity index (χ0n) is 19.1. The summed E-state index contributed by atoms with van der Waals surface area (Å²) < 4.78 is 16.4. The van der Waals surface area contributed by atoms with E-state index in [0.717, 1.165) is 16.7 Å². The molecule has 178 valence electrons. The number of benzene rings is 3. The van der Waals surface area contributed by atoms with Crippen molar-refractivity contribution in [1.82, 2.24) is 15.6 Å². The molecule has 0 atom stereocenters. The number of H-pyrrole nitrogens is 1. The average molecular weight is 491 g/mol. The standard InChI is InChI=1S/C26H23ClN4O4/c1-33-24-11-10-17(12-25(24)34-2)15-28-31-26(32)23-14-22(29-30-23)18-7-5-8-20(13-18)35-16-19-6-3-4-9-21(19)27/h3-15H,16H2,1-2H3,(H,29,30)(H,31,32)/b28-15+. The van der Waals surface area contributed by atoms with E-state index in [9.17, 15) is 4.79 Å². The van der Waals surface area contributed by atoms with Gasteiger partial charge in [0.1, 0.15) is 18.1 Å². The predicted molar refractivity (Wildman–Crippen MR) is 134 cm³/mol. The summed E-state index contributed by atoms with van der Waals surface area (Å²) in [6.07, 6.45) is 1.51. The Kier molecular flexibility index (Phi) is 7.64. The summed E-state index contributed by atoms with van der Waals surface area (Å²) in [4.78, 5) is 12.5. The third kappa shape index (κ3) is 5.99. The van der Waals surface area contributed by atoms with Crippen LogP contribution < -0.4 is 19.6 Å². The van der Waals surface area contributed by atoms with Gasteiger partial charge in [-0.25, -0.2) is 5.43 Å². The Morgan fingerprint density at radius 1 is 1.03 bits per heavy atom. The molecule has 1 amide bonds. The highest BCUT2D eigenvalue weighted by Gasteiger charge is 2.11. The topological polar surface area (TPSA) is 97.8 Å². The normalized spacial score (nSPS) is 10.8. The molecule has 4 rings (SSSR count). The van der Waals surface area contributed by atoms with Gasteiger partial charge in [-0.3, -0.25) is 9.89 Å². The highest BCUT2D eigenvalue weighted by molar-refractivity contribution is 6.31. The van der Waals surface area contributed by atoms with Crippen LogP contribution in [-0.4, -0.2) is 36.5 Å². The Bertz CT molecular complexity index is 1350. The molecule has 9 heteroatoms. The minimum atomic E-state index is -0.424. The molecule has 8 nitrogen and oxygen atoms in total. The molecule has 0 aliphatic heterocycles. The van der Waals surface area contributed by atoms with Crippen molar-refractivity contribution in [2.75, 3.05) is 14.2 Å². The van der Waals surface area contributed by atoms with Crippen molar-refractivity contribution in [3.63, 3.8) is 0 Å². The predicted octanol–water partition coefficient (Wildman–Crippen LogP) is 5.09. The van der Waals surface area contributed by atoms with Gasteiger partial charge in [0.25, 0.3) is 5.91 Å². The molecule has 1 aromatic heterocycles. The number of hydrazone groups is 1. The zero-order chi connectivity index (χ0) is 24.6. The molecular weight excluding hydrogens is 468 g/mol. The second-order valence-electron chi connectivity index (χ2n) is 7.39. The van der Waals surface area contributed by atoms with Crippen LogP contribution in [0.3, 0.4) is 0 Å². The number of carbonyl (C=O) groups excluding carboxylic acids is 1. The molecule has 0 saturated carbocycles. The fourth-order valence-electron chi connectivity index (χ4n) is 3.27. The van der Waals surface area contributed by atoms with Gasteiger partial charge in [-0.15, -0.1) is 0 Å². The van der Waals surface area contributed by atoms with Crippen LogP contribution in [0.1, 0.15) is 21.6 Å². The monoisotopic (exact) mass is 490 g/mol. The summed E-state index contributed by atoms with van der Waals surface area (Å²) in [7, 11) is 3.12. The Morgan fingerprint density at radius 3 is 2.66 bits per heavy atom. The van der Waals surface area contributed by atoms with Crippen LogP contribution in [0, 0.1) is 0 Å². The molecule has 2 N–H and O–H groups in total. The fraction of sp³-hybridized carbons (Fsp3) is 0.115. The molecule has 3 aromatic carbocycles. The number of carbonyl (C=O) groups is 1. The molecule has 0 aliphatic carbocycles. The number of methoxy groups -OCH3 is 2. The third-order valence-corrected chi connectivity index (χ3v) is 5.46. The van der Waals surface area contributed by atoms with Crippen LogP contribution in [0.2, 0.25) is 5.02 Å². The van der Waals surface area contributed by atoms with E-state index in [2.05, 4.69) is 20.7 Å². The third-order valence-electron chi connectivity index (χ3n) is 5.09. The number of amides is 1. The number of nitrogens with zero attached hydrogens (tertiary/aromatic N) is 2. The Morgan fingerprint density at radius 2 is 1.86 bits per heavy atom. The summed E-state index contributed by atoms with van der Waals surface area (Å²) in [5.74, 6) is 1.42. The molecule has 4 aromatic rings. The van der Waals surface area contributed by atoms with Crippen molar-refractivity contribution in [3.05, 3.63) is 94.6 Å². The molecule has 0 radical (unpaired) electrons. The van der Waals surface area contributed by atoms with Crippen LogP contribution in [0.5, 0.6) is 17.2 Å². The number of halogens is 1. The van der Waals surface area contributed by atoms with Gasteiger partial charge >= 0.3 is 0 Å². The van der Waals surface area contributed by atoms with E-state index < -0.39 is 5.91 Å². The molecule has 35 heavy (non-hydrogen) atoms. The summed E-state index contributed by atoms with van der Waals surface area (Å²) in [5.41, 5.74) is 5.78. The van der Waals surface area contributed by atoms with Gasteiger partial charge in [0.05, 0.1) is 26.1 Å². The lowest BCUT2D eigenvalue weighted by Gasteiger charge is -2.08. The first-order valence-corrected chi connectivity index (χ1v) is 11.0. The van der Waals surface area contributed by atoms with E-state index in [4.69, 9.17) is 25.8 Å². The Hall–Kier alpha value is -4.30. The molecule has 0 saturated heterocycles. The van der Waals surface area contributed by atoms with E-state index >= 15 is 0 Å². The zero-order valence-corrected chi connectivity index (χ0v) is 19.9. The van der Waals surface area contributed by atoms with Crippen molar-refractivity contribution in [2.24, 2.45) is 5.10 Å². The molecule has 0 bridgehead atoms. The quantitative estimate of drug-likeness (QED) is 0.251. The van der Waals surface area contributed by atoms with E-state index in [1.165, 1.54) is 6.21 Å². The van der Waals surface area contributed by atoms with Gasteiger partial charge in [-0.05, 0) is 48.0 Å². The van der Waals surface area contributed by atoms with Crippen LogP contribution in [0.4, 0.5) is 0 Å². The molecule has 0 aliphatic rings. The van der Waals surface area contributed by atoms with Crippen LogP contribution in [0.25, 0.3) is 11.3 Å². The van der Waals surface area contributed by atoms with Gasteiger partial charge in [-0.2, -0.15) is 10.2 Å². The van der Waals surface area contributed by atoms with Crippen LogP contribution in [-0.2, 0) is 6.61 Å². The maximum Gasteiger partial charge on any atom is 0.289 e. The first-order valence-electron chi connectivity index (χ1n) is 10.6. The lowest BCUT2D eigenvalue weighted by atomic mass is 10.1. The van der Waals surface area contributed by atoms with Crippen molar-refractivity contribution >= 4 is 23.7 Å². The van der Waals surface area contributed by atoms with Gasteiger partial charge < -0.3 is 14.2 Å². The first-order chi connectivity index (χ1) is 17.1. The largest absolute Gasteiger partial charge is 0.493 e. The minimum Gasteiger partial charge on any atom is -0.493 e. The second kappa shape index (κ2) is 11.2. The summed E-state index contributed by atoms with van der Waals surface area (Å²) >= 11 is 6.19. The second-order valence-corrected chi connectivity index (χ2v) is 7.80. The number of hydrogen-bond acceptors (Lipinski definition) is 6. The minimum absolute atomic E-state index is 0.270. The molecule has 1 heterocycles. The first kappa shape index (κ1) is 23.8. The average Bonchev–Trinajstić information content (AvgIpc) is 3.39. The van der Waals surface area contributed by atoms with E-state index in [1.54, 1.807) is 38.5 Å². The van der Waals surface area contributed by atoms with Crippen molar-refractivity contribution in [1.29, 1.82) is 0 Å². The number of ether oxygens (including phenoxy) is 3. The van der Waals surface area contributed by atoms with E-state index in [1.807, 2.05) is 48.5 Å². The fourth-order valence-corrected chi connectivity index (χ4v) is 3.46. The maximum atomic E-state index is 12.5. The van der Waals surface area contributed by atoms with Gasteiger partial charge in [0, 0.05) is 16.1 Å². The number of hydrogen-bond donors (Lipinski definition) is 2. The lowest BCUT2D eigenvalue weighted by molar-refractivity contribution is 0.0950. The molecule has 0 unspecified atom stereocenters. The summed E-state index contributed by atoms with van der Waals surface area (Å²) in [6, 6.07) is 21.9. The van der Waals surface area contributed by atoms with Gasteiger partial charge in [0.2, 0.25) is 0 Å². The highest BCUT2D eigenvalue weighted by Crippen LogP contribution is 2.27. The van der Waals surface area contributed by atoms with Crippen molar-refractivity contribution < 1.29 is 19.0 Å². The lowest BCUT2D eigenvalue weighted by Crippen LogP contribution is -2.18. The molecule has 0 fully saturated rings. The van der Waals surface area contributed by atoms with Crippen LogP contribution >= 0.6 is 11.6 Å². The van der Waals surface area contributed by atoms with Gasteiger partial charge in [0.15, 0.2) is 11.5 Å². The number of rotatable bonds is 9. The van der Waals surface area contributed by atoms with Crippen molar-refractivity contribution in [2.45, 2.75) is 6.61 Å². The summed E-state index contributed by atoms with van der Waals surface area (Å²) in [5, 5.41) is 11.6. The van der Waals surface area contributed by atoms with E-state index in [0.29, 0.717) is 34.6 Å². The van der Waals surface area contributed by atoms with Crippen molar-refractivity contribution in [3.8, 4) is 28.5 Å². The molecular formula is C26H23ClN4O4. The smallest absolute Gasteiger partial charge is 0.289 e. The Labute approximate surface area is 207 Å². The van der Waals surface area contributed by atoms with E-state index in [-0.39, 0.29) is 5.69 Å². The Balaban J connectivity index is 1.39.